The van der Waals surface area contributed by atoms with Gasteiger partial charge in [-0.1, -0.05) is 29.8 Å². The van der Waals surface area contributed by atoms with Gasteiger partial charge in [0, 0.05) is 13.1 Å². The summed E-state index contributed by atoms with van der Waals surface area (Å²) in [5.74, 6) is 0.946. The quantitative estimate of drug-likeness (QED) is 0.925. The summed E-state index contributed by atoms with van der Waals surface area (Å²) >= 11 is 0. The van der Waals surface area contributed by atoms with Gasteiger partial charge in [0.2, 0.25) is 0 Å². The molecular weight excluding hydrogens is 260 g/mol. The van der Waals surface area contributed by atoms with Gasteiger partial charge in [0.25, 0.3) is 0 Å². The minimum absolute atomic E-state index is 0.706. The van der Waals surface area contributed by atoms with Crippen molar-refractivity contribution in [2.75, 3.05) is 36.5 Å². The lowest BCUT2D eigenvalue weighted by atomic mass is 10.2. The van der Waals surface area contributed by atoms with E-state index < -0.39 is 0 Å². The summed E-state index contributed by atoms with van der Waals surface area (Å²) in [5, 5.41) is 3.49. The Morgan fingerprint density at radius 1 is 1.10 bits per heavy atom. The third kappa shape index (κ3) is 3.48. The van der Waals surface area contributed by atoms with Crippen LogP contribution in [-0.2, 0) is 0 Å². The molecule has 2 aromatic rings. The molecule has 3 nitrogen and oxygen atoms in total. The van der Waals surface area contributed by atoms with Crippen LogP contribution >= 0.6 is 0 Å². The lowest BCUT2D eigenvalue weighted by Crippen LogP contribution is -2.28. The van der Waals surface area contributed by atoms with Crippen LogP contribution in [0.15, 0.2) is 48.5 Å². The summed E-state index contributed by atoms with van der Waals surface area (Å²) < 4.78 is 5.86. The molecule has 3 heteroatoms. The molecule has 0 bridgehead atoms. The van der Waals surface area contributed by atoms with E-state index in [1.54, 1.807) is 0 Å². The Morgan fingerprint density at radius 2 is 1.90 bits per heavy atom. The fourth-order valence-electron chi connectivity index (χ4n) is 2.65. The van der Waals surface area contributed by atoms with Crippen molar-refractivity contribution in [2.24, 2.45) is 0 Å². The Labute approximate surface area is 126 Å². The monoisotopic (exact) mass is 282 g/mol. The van der Waals surface area contributed by atoms with Gasteiger partial charge in [-0.05, 0) is 37.6 Å². The second-order valence-electron chi connectivity index (χ2n) is 5.45. The zero-order valence-electron chi connectivity index (χ0n) is 12.5. The normalized spacial score (nSPS) is 14.0. The molecule has 2 aromatic carbocycles. The van der Waals surface area contributed by atoms with Crippen molar-refractivity contribution in [2.45, 2.75) is 13.3 Å². The lowest BCUT2D eigenvalue weighted by Gasteiger charge is -2.24. The van der Waals surface area contributed by atoms with Crippen LogP contribution in [0.5, 0.6) is 5.75 Å². The van der Waals surface area contributed by atoms with Crippen molar-refractivity contribution in [3.05, 3.63) is 54.1 Å². The molecule has 0 fully saturated rings. The second kappa shape index (κ2) is 6.53. The lowest BCUT2D eigenvalue weighted by molar-refractivity contribution is 0.323. The van der Waals surface area contributed by atoms with Crippen LogP contribution in [0.25, 0.3) is 0 Å². The summed E-state index contributed by atoms with van der Waals surface area (Å²) in [7, 11) is 0. The van der Waals surface area contributed by atoms with Crippen LogP contribution in [0.2, 0.25) is 0 Å². The van der Waals surface area contributed by atoms with Crippen LogP contribution in [0.1, 0.15) is 12.0 Å². The van der Waals surface area contributed by atoms with E-state index in [1.165, 1.54) is 16.9 Å². The highest BCUT2D eigenvalue weighted by Crippen LogP contribution is 2.27. The summed E-state index contributed by atoms with van der Waals surface area (Å²) in [6.07, 6.45) is 1.15. The summed E-state index contributed by atoms with van der Waals surface area (Å²) in [6, 6.07) is 16.7. The van der Waals surface area contributed by atoms with Gasteiger partial charge >= 0.3 is 0 Å². The van der Waals surface area contributed by atoms with E-state index >= 15 is 0 Å². The molecule has 0 aromatic heterocycles. The third-order valence-corrected chi connectivity index (χ3v) is 3.82. The Balaban J connectivity index is 1.61. The van der Waals surface area contributed by atoms with Crippen LogP contribution < -0.4 is 15.0 Å². The van der Waals surface area contributed by atoms with Crippen LogP contribution in [0.4, 0.5) is 11.4 Å². The summed E-state index contributed by atoms with van der Waals surface area (Å²) in [5.41, 5.74) is 3.77. The Hall–Kier alpha value is -2.16. The molecule has 0 unspecified atom stereocenters. The van der Waals surface area contributed by atoms with Crippen molar-refractivity contribution < 1.29 is 4.74 Å². The van der Waals surface area contributed by atoms with E-state index in [0.29, 0.717) is 6.61 Å². The number of rotatable bonds is 4. The Kier molecular flexibility index (Phi) is 4.29. The SMILES string of the molecule is Cc1ccc(OCCN2CCCNc3ccccc32)cc1. The molecule has 1 aliphatic heterocycles. The van der Waals surface area contributed by atoms with Gasteiger partial charge in [0.1, 0.15) is 12.4 Å². The van der Waals surface area contributed by atoms with Crippen molar-refractivity contribution in [3.8, 4) is 5.75 Å². The van der Waals surface area contributed by atoms with Gasteiger partial charge in [-0.25, -0.2) is 0 Å². The maximum Gasteiger partial charge on any atom is 0.119 e. The van der Waals surface area contributed by atoms with E-state index in [4.69, 9.17) is 4.74 Å². The van der Waals surface area contributed by atoms with E-state index in [2.05, 4.69) is 53.5 Å². The van der Waals surface area contributed by atoms with Gasteiger partial charge in [0.15, 0.2) is 0 Å². The third-order valence-electron chi connectivity index (χ3n) is 3.82. The maximum atomic E-state index is 5.86. The van der Waals surface area contributed by atoms with Crippen molar-refractivity contribution in [1.82, 2.24) is 0 Å². The number of ether oxygens (including phenoxy) is 1. The molecule has 110 valence electrons. The van der Waals surface area contributed by atoms with Crippen molar-refractivity contribution >= 4 is 11.4 Å². The molecule has 0 aliphatic carbocycles. The molecule has 0 radical (unpaired) electrons. The molecule has 0 atom stereocenters. The Morgan fingerprint density at radius 3 is 2.76 bits per heavy atom. The van der Waals surface area contributed by atoms with Crippen molar-refractivity contribution in [3.63, 3.8) is 0 Å². The number of hydrogen-bond acceptors (Lipinski definition) is 3. The van der Waals surface area contributed by atoms with E-state index in [-0.39, 0.29) is 0 Å². The molecule has 0 amide bonds. The maximum absolute atomic E-state index is 5.86. The summed E-state index contributed by atoms with van der Waals surface area (Å²) in [6.45, 7) is 5.81. The molecule has 0 saturated heterocycles. The van der Waals surface area contributed by atoms with Gasteiger partial charge < -0.3 is 15.0 Å². The van der Waals surface area contributed by atoms with Crippen LogP contribution in [-0.4, -0.2) is 26.2 Å². The zero-order valence-corrected chi connectivity index (χ0v) is 12.5. The highest BCUT2D eigenvalue weighted by atomic mass is 16.5. The molecule has 1 aliphatic rings. The first-order chi connectivity index (χ1) is 10.3. The number of nitrogens with one attached hydrogen (secondary N) is 1. The predicted octanol–water partition coefficient (Wildman–Crippen LogP) is 3.70. The number of aryl methyl sites for hydroxylation is 1. The van der Waals surface area contributed by atoms with Crippen LogP contribution in [0.3, 0.4) is 0 Å². The van der Waals surface area contributed by atoms with Gasteiger partial charge in [0.05, 0.1) is 17.9 Å². The second-order valence-corrected chi connectivity index (χ2v) is 5.45. The highest BCUT2D eigenvalue weighted by molar-refractivity contribution is 5.70. The number of fused-ring (bicyclic) bond motifs is 1. The standard InChI is InChI=1S/C18H22N2O/c1-15-7-9-16(10-8-15)21-14-13-20-12-4-11-19-17-5-2-3-6-18(17)20/h2-3,5-10,19H,4,11-14H2,1H3. The fraction of sp³-hybridized carbons (Fsp3) is 0.333. The largest absolute Gasteiger partial charge is 0.492 e. The zero-order chi connectivity index (χ0) is 14.5. The number of anilines is 2. The molecule has 1 heterocycles. The van der Waals surface area contributed by atoms with Gasteiger partial charge in [-0.3, -0.25) is 0 Å². The average Bonchev–Trinajstić information content (AvgIpc) is 2.72. The van der Waals surface area contributed by atoms with E-state index in [9.17, 15) is 0 Å². The minimum atomic E-state index is 0.706. The first kappa shape index (κ1) is 13.8. The first-order valence-electron chi connectivity index (χ1n) is 7.60. The van der Waals surface area contributed by atoms with Crippen LogP contribution in [0, 0.1) is 6.92 Å². The number of para-hydroxylation sites is 2. The fourth-order valence-corrected chi connectivity index (χ4v) is 2.65. The Bertz CT molecular complexity index is 580. The molecule has 3 rings (SSSR count). The predicted molar refractivity (Wildman–Crippen MR) is 88.4 cm³/mol. The first-order valence-corrected chi connectivity index (χ1v) is 7.60. The van der Waals surface area contributed by atoms with Gasteiger partial charge in [-0.15, -0.1) is 0 Å². The van der Waals surface area contributed by atoms with Gasteiger partial charge in [-0.2, -0.15) is 0 Å². The van der Waals surface area contributed by atoms with E-state index in [0.717, 1.165) is 31.8 Å². The number of hydrogen-bond donors (Lipinski definition) is 1. The average molecular weight is 282 g/mol. The highest BCUT2D eigenvalue weighted by Gasteiger charge is 2.13. The molecular formula is C18H22N2O. The molecule has 21 heavy (non-hydrogen) atoms. The van der Waals surface area contributed by atoms with E-state index in [1.807, 2.05) is 12.1 Å². The smallest absolute Gasteiger partial charge is 0.119 e. The molecule has 0 spiro atoms. The molecule has 0 saturated carbocycles. The number of nitrogens with zero attached hydrogens (tertiary/aromatic N) is 1. The molecule has 1 N–H and O–H groups in total. The minimum Gasteiger partial charge on any atom is -0.492 e. The topological polar surface area (TPSA) is 24.5 Å². The summed E-state index contributed by atoms with van der Waals surface area (Å²) in [4.78, 5) is 2.41. The number of benzene rings is 2. The van der Waals surface area contributed by atoms with Crippen molar-refractivity contribution in [1.29, 1.82) is 0 Å².